The van der Waals surface area contributed by atoms with E-state index in [1.807, 2.05) is 0 Å². The van der Waals surface area contributed by atoms with Gasteiger partial charge < -0.3 is 9.80 Å². The minimum atomic E-state index is 0. The van der Waals surface area contributed by atoms with Crippen molar-refractivity contribution in [3.8, 4) is 0 Å². The van der Waals surface area contributed by atoms with Crippen molar-refractivity contribution in [2.75, 3.05) is 23.5 Å². The zero-order chi connectivity index (χ0) is 11.0. The summed E-state index contributed by atoms with van der Waals surface area (Å²) in [5, 5.41) is 0. The summed E-state index contributed by atoms with van der Waals surface area (Å²) in [4.78, 5) is 4.59. The average molecular weight is 402 g/mol. The monoisotopic (exact) mass is 403 g/mol. The Morgan fingerprint density at radius 2 is 1.41 bits per heavy atom. The molecular weight excluding hydrogens is 388 g/mol. The summed E-state index contributed by atoms with van der Waals surface area (Å²) in [6.07, 6.45) is 0. The summed E-state index contributed by atoms with van der Waals surface area (Å²) >= 11 is 0. The molecule has 1 aliphatic heterocycles. The van der Waals surface area contributed by atoms with E-state index in [2.05, 4.69) is 71.4 Å². The van der Waals surface area contributed by atoms with Crippen LogP contribution in [0.1, 0.15) is 0 Å². The maximum Gasteiger partial charge on any atom is 3.00 e. The Labute approximate surface area is 115 Å². The number of benzene rings is 2. The van der Waals surface area contributed by atoms with Crippen molar-refractivity contribution in [1.82, 2.24) is 0 Å². The van der Waals surface area contributed by atoms with Gasteiger partial charge in [-0.15, -0.1) is 0 Å². The quantitative estimate of drug-likeness (QED) is 0.723. The summed E-state index contributed by atoms with van der Waals surface area (Å²) in [7, 11) is 2.13. The molecule has 2 aromatic carbocycles. The second-order valence-corrected chi connectivity index (χ2v) is 4.09. The Bertz CT molecular complexity index is 499. The van der Waals surface area contributed by atoms with Crippen LogP contribution in [-0.2, 0) is 20.1 Å². The molecule has 2 aromatic rings. The van der Waals surface area contributed by atoms with Gasteiger partial charge in [-0.05, 0) is 24.3 Å². The van der Waals surface area contributed by atoms with E-state index in [1.165, 1.54) is 17.1 Å². The van der Waals surface area contributed by atoms with Crippen LogP contribution in [0.5, 0.6) is 0 Å². The van der Waals surface area contributed by atoms with Gasteiger partial charge >= 0.3 is 20.1 Å². The molecule has 17 heavy (non-hydrogen) atoms. The largest absolute Gasteiger partial charge is 3.00 e. The molecule has 0 radical (unpaired) electrons. The van der Waals surface area contributed by atoms with Crippen molar-refractivity contribution in [3.63, 3.8) is 0 Å². The fraction of sp³-hybridized carbons (Fsp3) is 0.143. The maximum absolute atomic E-state index is 2.33. The summed E-state index contributed by atoms with van der Waals surface area (Å²) in [5.74, 6) is 0. The summed E-state index contributed by atoms with van der Waals surface area (Å²) < 4.78 is 0. The van der Waals surface area contributed by atoms with E-state index in [0.29, 0.717) is 0 Å². The van der Waals surface area contributed by atoms with E-state index in [1.54, 1.807) is 0 Å². The van der Waals surface area contributed by atoms with Gasteiger partial charge in [-0.1, -0.05) is 30.3 Å². The standard InChI is InChI=1S/C14H14N2.Ir/c1-15-11-16(12-7-3-2-4-8-12)14-10-6-5-9-13(14)15;/h2-10H,11H2,1H3;/q;+3. The number of fused-ring (bicyclic) bond motifs is 1. The Kier molecular flexibility index (Phi) is 3.51. The minimum Gasteiger partial charge on any atom is -0.355 e. The topological polar surface area (TPSA) is 6.48 Å². The van der Waals surface area contributed by atoms with E-state index in [-0.39, 0.29) is 20.1 Å². The van der Waals surface area contributed by atoms with E-state index in [0.717, 1.165) is 6.67 Å². The van der Waals surface area contributed by atoms with Gasteiger partial charge in [0.05, 0.1) is 18.0 Å². The third-order valence-electron chi connectivity index (χ3n) is 3.01. The summed E-state index contributed by atoms with van der Waals surface area (Å²) in [6, 6.07) is 19.0. The zero-order valence-electron chi connectivity index (χ0n) is 9.63. The fourth-order valence-corrected chi connectivity index (χ4v) is 2.21. The third-order valence-corrected chi connectivity index (χ3v) is 3.01. The second-order valence-electron chi connectivity index (χ2n) is 4.09. The molecular formula is C14H14IrN2+3. The first kappa shape index (κ1) is 12.2. The van der Waals surface area contributed by atoms with E-state index >= 15 is 0 Å². The van der Waals surface area contributed by atoms with Crippen molar-refractivity contribution in [2.24, 2.45) is 0 Å². The van der Waals surface area contributed by atoms with Crippen LogP contribution in [0.4, 0.5) is 17.1 Å². The molecule has 0 atom stereocenters. The van der Waals surface area contributed by atoms with Crippen LogP contribution < -0.4 is 9.80 Å². The summed E-state index contributed by atoms with van der Waals surface area (Å²) in [5.41, 5.74) is 3.84. The molecule has 1 aliphatic rings. The molecule has 2 nitrogen and oxygen atoms in total. The Morgan fingerprint density at radius 1 is 0.824 bits per heavy atom. The molecule has 0 N–H and O–H groups in total. The molecule has 0 spiro atoms. The molecule has 86 valence electrons. The average Bonchev–Trinajstić information content (AvgIpc) is 2.69. The van der Waals surface area contributed by atoms with Crippen LogP contribution in [-0.4, -0.2) is 13.7 Å². The SMILES string of the molecule is CN1CN(c2ccccc2)c2ccccc21.[Ir+3]. The first-order valence-corrected chi connectivity index (χ1v) is 5.49. The van der Waals surface area contributed by atoms with Gasteiger partial charge in [-0.2, -0.15) is 0 Å². The van der Waals surface area contributed by atoms with Gasteiger partial charge in [0.1, 0.15) is 0 Å². The third kappa shape index (κ3) is 2.08. The minimum absolute atomic E-state index is 0. The molecule has 1 heterocycles. The van der Waals surface area contributed by atoms with Crippen molar-refractivity contribution in [1.29, 1.82) is 0 Å². The van der Waals surface area contributed by atoms with E-state index < -0.39 is 0 Å². The normalized spacial score (nSPS) is 13.2. The van der Waals surface area contributed by atoms with Crippen LogP contribution in [0.15, 0.2) is 54.6 Å². The van der Waals surface area contributed by atoms with Crippen molar-refractivity contribution < 1.29 is 20.1 Å². The first-order valence-electron chi connectivity index (χ1n) is 5.49. The van der Waals surface area contributed by atoms with Crippen molar-refractivity contribution in [3.05, 3.63) is 54.6 Å². The van der Waals surface area contributed by atoms with Crippen LogP contribution in [0, 0.1) is 0 Å². The van der Waals surface area contributed by atoms with Crippen LogP contribution in [0.2, 0.25) is 0 Å². The van der Waals surface area contributed by atoms with Crippen LogP contribution >= 0.6 is 0 Å². The Morgan fingerprint density at radius 3 is 2.12 bits per heavy atom. The number of para-hydroxylation sites is 3. The van der Waals surface area contributed by atoms with Gasteiger partial charge in [0.2, 0.25) is 0 Å². The second kappa shape index (κ2) is 4.91. The zero-order valence-corrected chi connectivity index (χ0v) is 12.0. The molecule has 0 aromatic heterocycles. The molecule has 0 saturated heterocycles. The maximum atomic E-state index is 2.33. The van der Waals surface area contributed by atoms with E-state index in [9.17, 15) is 0 Å². The number of nitrogens with zero attached hydrogens (tertiary/aromatic N) is 2. The van der Waals surface area contributed by atoms with Gasteiger partial charge in [0, 0.05) is 12.7 Å². The number of hydrogen-bond acceptors (Lipinski definition) is 2. The molecule has 0 amide bonds. The fourth-order valence-electron chi connectivity index (χ4n) is 2.21. The van der Waals surface area contributed by atoms with Crippen LogP contribution in [0.25, 0.3) is 0 Å². The van der Waals surface area contributed by atoms with E-state index in [4.69, 9.17) is 0 Å². The van der Waals surface area contributed by atoms with Crippen LogP contribution in [0.3, 0.4) is 0 Å². The van der Waals surface area contributed by atoms with Gasteiger partial charge in [-0.25, -0.2) is 0 Å². The van der Waals surface area contributed by atoms with Gasteiger partial charge in [-0.3, -0.25) is 0 Å². The summed E-state index contributed by atoms with van der Waals surface area (Å²) in [6.45, 7) is 0.920. The van der Waals surface area contributed by atoms with Crippen molar-refractivity contribution >= 4 is 17.1 Å². The van der Waals surface area contributed by atoms with Gasteiger partial charge in [0.15, 0.2) is 0 Å². The van der Waals surface area contributed by atoms with Crippen molar-refractivity contribution in [2.45, 2.75) is 0 Å². The number of rotatable bonds is 1. The molecule has 0 fully saturated rings. The number of hydrogen-bond donors (Lipinski definition) is 0. The van der Waals surface area contributed by atoms with Gasteiger partial charge in [0.25, 0.3) is 0 Å². The molecule has 0 saturated carbocycles. The molecule has 0 unspecified atom stereocenters. The number of anilines is 3. The first-order chi connectivity index (χ1) is 7.86. The molecule has 3 rings (SSSR count). The molecule has 0 aliphatic carbocycles. The Hall–Kier alpha value is -1.31. The predicted octanol–water partition coefficient (Wildman–Crippen LogP) is 3.23. The molecule has 0 bridgehead atoms. The smallest absolute Gasteiger partial charge is 0.355 e. The molecule has 3 heteroatoms. The Balaban J connectivity index is 0.00000108. The predicted molar refractivity (Wildman–Crippen MR) is 68.3 cm³/mol.